The number of hydrogen-bond donors (Lipinski definition) is 1. The van der Waals surface area contributed by atoms with Gasteiger partial charge in [-0.2, -0.15) is 5.10 Å². The average Bonchev–Trinajstić information content (AvgIpc) is 3.34. The molecule has 174 valence electrons. The molecule has 6 heteroatoms. The van der Waals surface area contributed by atoms with Gasteiger partial charge in [-0.15, -0.1) is 0 Å². The first-order valence-electron chi connectivity index (χ1n) is 11.8. The van der Waals surface area contributed by atoms with Gasteiger partial charge in [-0.1, -0.05) is 42.5 Å². The molecule has 2 heterocycles. The topological polar surface area (TPSA) is 63.2 Å². The summed E-state index contributed by atoms with van der Waals surface area (Å²) in [5, 5.41) is 4.07. The molecule has 1 amide bonds. The van der Waals surface area contributed by atoms with Crippen LogP contribution in [-0.2, 0) is 13.0 Å². The number of rotatable bonds is 7. The number of nitrogens with one attached hydrogen (secondary N) is 1. The molecule has 0 atom stereocenters. The van der Waals surface area contributed by atoms with Crippen LogP contribution in [0, 0.1) is 5.92 Å². The fourth-order valence-electron chi connectivity index (χ4n) is 4.54. The Morgan fingerprint density at radius 1 is 0.941 bits per heavy atom. The zero-order valence-electron chi connectivity index (χ0n) is 19.2. The maximum absolute atomic E-state index is 12.4. The zero-order chi connectivity index (χ0) is 23.2. The summed E-state index contributed by atoms with van der Waals surface area (Å²) < 4.78 is 10.7. The first-order valence-corrected chi connectivity index (χ1v) is 11.8. The summed E-state index contributed by atoms with van der Waals surface area (Å²) in [6.45, 7) is 3.39. The minimum atomic E-state index is -0.231. The Bertz CT molecular complexity index is 1140. The van der Waals surface area contributed by atoms with E-state index in [-0.39, 0.29) is 12.7 Å². The first kappa shape index (κ1) is 22.2. The van der Waals surface area contributed by atoms with Crippen molar-refractivity contribution in [3.63, 3.8) is 0 Å². The van der Waals surface area contributed by atoms with Gasteiger partial charge in [-0.25, -0.2) is 5.43 Å². The number of carbonyl (C=O) groups excluding carboxylic acids is 1. The van der Waals surface area contributed by atoms with E-state index in [0.29, 0.717) is 11.3 Å². The third kappa shape index (κ3) is 5.64. The lowest BCUT2D eigenvalue weighted by Gasteiger charge is -2.32. The summed E-state index contributed by atoms with van der Waals surface area (Å²) in [7, 11) is 0. The Hall–Kier alpha value is -3.64. The molecule has 5 rings (SSSR count). The molecule has 0 spiro atoms. The highest BCUT2D eigenvalue weighted by Crippen LogP contribution is 2.32. The van der Waals surface area contributed by atoms with Crippen LogP contribution in [0.15, 0.2) is 77.9 Å². The molecule has 0 radical (unpaired) electrons. The van der Waals surface area contributed by atoms with Crippen molar-refractivity contribution >= 4 is 12.1 Å². The van der Waals surface area contributed by atoms with Gasteiger partial charge in [0.1, 0.15) is 0 Å². The smallest absolute Gasteiger partial charge is 0.271 e. The lowest BCUT2D eigenvalue weighted by atomic mass is 9.90. The number of carbonyl (C=O) groups is 1. The molecule has 0 aliphatic carbocycles. The monoisotopic (exact) mass is 455 g/mol. The molecule has 0 saturated carbocycles. The number of nitrogens with zero attached hydrogens (tertiary/aromatic N) is 2. The molecule has 0 bridgehead atoms. The minimum absolute atomic E-state index is 0.231. The van der Waals surface area contributed by atoms with Gasteiger partial charge in [-0.3, -0.25) is 9.69 Å². The summed E-state index contributed by atoms with van der Waals surface area (Å²) >= 11 is 0. The van der Waals surface area contributed by atoms with Crippen molar-refractivity contribution in [2.75, 3.05) is 19.9 Å². The normalized spacial score (nSPS) is 16.1. The predicted molar refractivity (Wildman–Crippen MR) is 132 cm³/mol. The van der Waals surface area contributed by atoms with Crippen LogP contribution >= 0.6 is 0 Å². The largest absolute Gasteiger partial charge is 0.454 e. The lowest BCUT2D eigenvalue weighted by Crippen LogP contribution is -2.33. The average molecular weight is 456 g/mol. The van der Waals surface area contributed by atoms with E-state index in [1.165, 1.54) is 30.4 Å². The van der Waals surface area contributed by atoms with E-state index >= 15 is 0 Å². The standard InChI is InChI=1S/C28H29N3O3/c32-28(30-29-18-24-8-11-26-27(17-24)34-20-33-26)25-9-6-23(7-10-25)19-31-14-12-22(13-15-31)16-21-4-2-1-3-5-21/h1-11,17-18,22H,12-16,19-20H2,(H,30,32)/b29-18-. The molecule has 1 saturated heterocycles. The Balaban J connectivity index is 1.08. The van der Waals surface area contributed by atoms with E-state index in [4.69, 9.17) is 9.47 Å². The van der Waals surface area contributed by atoms with Crippen LogP contribution in [0.2, 0.25) is 0 Å². The van der Waals surface area contributed by atoms with Crippen LogP contribution in [0.3, 0.4) is 0 Å². The van der Waals surface area contributed by atoms with Crippen molar-refractivity contribution in [2.45, 2.75) is 25.8 Å². The molecular formula is C28H29N3O3. The number of fused-ring (bicyclic) bond motifs is 1. The Labute approximate surface area is 200 Å². The number of hydrogen-bond acceptors (Lipinski definition) is 5. The van der Waals surface area contributed by atoms with Crippen molar-refractivity contribution in [3.8, 4) is 11.5 Å². The molecule has 3 aromatic rings. The summed E-state index contributed by atoms with van der Waals surface area (Å²) in [4.78, 5) is 14.9. The number of likely N-dealkylation sites (tertiary alicyclic amines) is 1. The van der Waals surface area contributed by atoms with E-state index in [1.807, 2.05) is 42.5 Å². The number of benzene rings is 3. The quantitative estimate of drug-likeness (QED) is 0.417. The Morgan fingerprint density at radius 2 is 1.71 bits per heavy atom. The van der Waals surface area contributed by atoms with Gasteiger partial charge in [-0.05, 0) is 85.3 Å². The second-order valence-corrected chi connectivity index (χ2v) is 8.92. The highest BCUT2D eigenvalue weighted by Gasteiger charge is 2.19. The molecule has 0 aromatic heterocycles. The van der Waals surface area contributed by atoms with Crippen molar-refractivity contribution in [2.24, 2.45) is 11.0 Å². The maximum Gasteiger partial charge on any atom is 0.271 e. The molecule has 2 aliphatic rings. The van der Waals surface area contributed by atoms with Gasteiger partial charge in [0.15, 0.2) is 11.5 Å². The van der Waals surface area contributed by atoms with Gasteiger partial charge in [0, 0.05) is 12.1 Å². The van der Waals surface area contributed by atoms with Gasteiger partial charge in [0.2, 0.25) is 6.79 Å². The van der Waals surface area contributed by atoms with Crippen molar-refractivity contribution in [3.05, 3.63) is 95.1 Å². The van der Waals surface area contributed by atoms with Crippen LogP contribution in [-0.4, -0.2) is 36.9 Å². The van der Waals surface area contributed by atoms with Crippen molar-refractivity contribution in [1.82, 2.24) is 10.3 Å². The van der Waals surface area contributed by atoms with Crippen LogP contribution in [0.4, 0.5) is 0 Å². The highest BCUT2D eigenvalue weighted by molar-refractivity contribution is 5.95. The van der Waals surface area contributed by atoms with Crippen molar-refractivity contribution in [1.29, 1.82) is 0 Å². The van der Waals surface area contributed by atoms with E-state index in [0.717, 1.165) is 36.9 Å². The lowest BCUT2D eigenvalue weighted by molar-refractivity contribution is 0.0955. The maximum atomic E-state index is 12.4. The fourth-order valence-corrected chi connectivity index (χ4v) is 4.54. The summed E-state index contributed by atoms with van der Waals surface area (Å²) in [5.41, 5.74) is 6.67. The van der Waals surface area contributed by atoms with Crippen LogP contribution in [0.1, 0.15) is 39.9 Å². The summed E-state index contributed by atoms with van der Waals surface area (Å²) in [5.74, 6) is 1.94. The fraction of sp³-hybridized carbons (Fsp3) is 0.286. The molecule has 34 heavy (non-hydrogen) atoms. The molecular weight excluding hydrogens is 426 g/mol. The minimum Gasteiger partial charge on any atom is -0.454 e. The molecule has 1 fully saturated rings. The van der Waals surface area contributed by atoms with Gasteiger partial charge in [0.25, 0.3) is 5.91 Å². The Morgan fingerprint density at radius 3 is 2.50 bits per heavy atom. The van der Waals surface area contributed by atoms with Crippen molar-refractivity contribution < 1.29 is 14.3 Å². The van der Waals surface area contributed by atoms with E-state index in [1.54, 1.807) is 6.21 Å². The summed E-state index contributed by atoms with van der Waals surface area (Å²) in [6, 6.07) is 24.1. The first-order chi connectivity index (χ1) is 16.7. The SMILES string of the molecule is O=C(N/N=C\c1ccc2c(c1)OCO2)c1ccc(CN2CCC(Cc3ccccc3)CC2)cc1. The third-order valence-electron chi connectivity index (χ3n) is 6.47. The molecule has 0 unspecified atom stereocenters. The van der Waals surface area contributed by atoms with Gasteiger partial charge >= 0.3 is 0 Å². The van der Waals surface area contributed by atoms with Crippen LogP contribution in [0.25, 0.3) is 0 Å². The summed E-state index contributed by atoms with van der Waals surface area (Å²) in [6.07, 6.45) is 5.23. The van der Waals surface area contributed by atoms with E-state index in [9.17, 15) is 4.79 Å². The van der Waals surface area contributed by atoms with Gasteiger partial charge in [0.05, 0.1) is 6.21 Å². The van der Waals surface area contributed by atoms with E-state index in [2.05, 4.69) is 45.8 Å². The molecule has 1 N–H and O–H groups in total. The van der Waals surface area contributed by atoms with Crippen LogP contribution in [0.5, 0.6) is 11.5 Å². The number of hydrazone groups is 1. The number of ether oxygens (including phenoxy) is 2. The molecule has 2 aliphatic heterocycles. The Kier molecular flexibility index (Phi) is 6.86. The van der Waals surface area contributed by atoms with E-state index < -0.39 is 0 Å². The van der Waals surface area contributed by atoms with Crippen LogP contribution < -0.4 is 14.9 Å². The second-order valence-electron chi connectivity index (χ2n) is 8.92. The third-order valence-corrected chi connectivity index (χ3v) is 6.47. The highest BCUT2D eigenvalue weighted by atomic mass is 16.7. The number of amides is 1. The number of piperidine rings is 1. The second kappa shape index (κ2) is 10.5. The molecule has 3 aromatic carbocycles. The zero-order valence-corrected chi connectivity index (χ0v) is 19.2. The predicted octanol–water partition coefficient (Wildman–Crippen LogP) is 4.63. The molecule has 6 nitrogen and oxygen atoms in total. The van der Waals surface area contributed by atoms with Gasteiger partial charge < -0.3 is 9.47 Å².